The fraction of sp³-hybridized carbons (Fsp3) is 0.167. The molecule has 146 valence electrons. The van der Waals surface area contributed by atoms with Crippen LogP contribution in [0.4, 0.5) is 13.2 Å². The van der Waals surface area contributed by atoms with Crippen LogP contribution in [-0.2, 0) is 12.7 Å². The Labute approximate surface area is 160 Å². The van der Waals surface area contributed by atoms with Crippen LogP contribution in [-0.4, -0.2) is 14.1 Å². The lowest BCUT2D eigenvalue weighted by Crippen LogP contribution is -2.48. The van der Waals surface area contributed by atoms with Gasteiger partial charge in [-0.2, -0.15) is 13.2 Å². The number of halogens is 3. The van der Waals surface area contributed by atoms with Crippen LogP contribution in [0, 0.1) is 0 Å². The predicted octanol–water partition coefficient (Wildman–Crippen LogP) is 2.88. The SMILES string of the molecule is CCn1c(=O)[nH]c(=O)n(-c2ccc(Sc3ccc(C(F)(F)F)cc3)cc2)c1=O. The first-order valence-electron chi connectivity index (χ1n) is 8.12. The zero-order chi connectivity index (χ0) is 20.5. The summed E-state index contributed by atoms with van der Waals surface area (Å²) in [7, 11) is 0. The molecule has 28 heavy (non-hydrogen) atoms. The van der Waals surface area contributed by atoms with E-state index in [4.69, 9.17) is 0 Å². The van der Waals surface area contributed by atoms with E-state index in [1.54, 1.807) is 19.1 Å². The Kier molecular flexibility index (Phi) is 5.32. The van der Waals surface area contributed by atoms with Gasteiger partial charge in [0.05, 0.1) is 11.3 Å². The van der Waals surface area contributed by atoms with Crippen molar-refractivity contribution in [1.82, 2.24) is 14.1 Å². The summed E-state index contributed by atoms with van der Waals surface area (Å²) in [5, 5.41) is 0. The fourth-order valence-electron chi connectivity index (χ4n) is 2.53. The third-order valence-electron chi connectivity index (χ3n) is 3.91. The Morgan fingerprint density at radius 3 is 1.93 bits per heavy atom. The minimum Gasteiger partial charge on any atom is -0.258 e. The van der Waals surface area contributed by atoms with Crippen LogP contribution in [0.15, 0.2) is 72.7 Å². The van der Waals surface area contributed by atoms with Crippen molar-refractivity contribution in [1.29, 1.82) is 0 Å². The molecule has 0 atom stereocenters. The lowest BCUT2D eigenvalue weighted by molar-refractivity contribution is -0.137. The topological polar surface area (TPSA) is 76.9 Å². The minimum atomic E-state index is -4.39. The highest BCUT2D eigenvalue weighted by Gasteiger charge is 2.29. The molecule has 0 spiro atoms. The molecule has 1 N–H and O–H groups in total. The van der Waals surface area contributed by atoms with Gasteiger partial charge in [0.25, 0.3) is 0 Å². The van der Waals surface area contributed by atoms with Crippen LogP contribution in [0.5, 0.6) is 0 Å². The number of aromatic nitrogens is 3. The highest BCUT2D eigenvalue weighted by molar-refractivity contribution is 7.99. The Balaban J connectivity index is 1.88. The Morgan fingerprint density at radius 1 is 0.893 bits per heavy atom. The van der Waals surface area contributed by atoms with Gasteiger partial charge in [-0.1, -0.05) is 11.8 Å². The van der Waals surface area contributed by atoms with E-state index in [9.17, 15) is 27.6 Å². The van der Waals surface area contributed by atoms with Crippen LogP contribution < -0.4 is 17.1 Å². The van der Waals surface area contributed by atoms with Crippen molar-refractivity contribution in [2.75, 3.05) is 0 Å². The summed E-state index contributed by atoms with van der Waals surface area (Å²) in [4.78, 5) is 39.4. The van der Waals surface area contributed by atoms with Crippen molar-refractivity contribution < 1.29 is 13.2 Å². The van der Waals surface area contributed by atoms with Gasteiger partial charge in [-0.15, -0.1) is 0 Å². The number of benzene rings is 2. The molecule has 0 bridgehead atoms. The Hall–Kier alpha value is -3.01. The summed E-state index contributed by atoms with van der Waals surface area (Å²) in [6.07, 6.45) is -4.39. The first-order valence-corrected chi connectivity index (χ1v) is 8.94. The molecule has 0 fully saturated rings. The zero-order valence-electron chi connectivity index (χ0n) is 14.5. The van der Waals surface area contributed by atoms with E-state index in [-0.39, 0.29) is 12.2 Å². The molecule has 1 heterocycles. The second-order valence-corrected chi connectivity index (χ2v) is 6.86. The Morgan fingerprint density at radius 2 is 1.43 bits per heavy atom. The average molecular weight is 409 g/mol. The highest BCUT2D eigenvalue weighted by atomic mass is 32.2. The number of nitrogens with one attached hydrogen (secondary N) is 1. The molecule has 0 aliphatic carbocycles. The quantitative estimate of drug-likeness (QED) is 0.719. The van der Waals surface area contributed by atoms with Gasteiger partial charge in [0.2, 0.25) is 0 Å². The van der Waals surface area contributed by atoms with Crippen molar-refractivity contribution in [2.45, 2.75) is 29.4 Å². The van der Waals surface area contributed by atoms with Gasteiger partial charge in [0, 0.05) is 16.3 Å². The number of alkyl halides is 3. The molecule has 0 aliphatic rings. The molecular weight excluding hydrogens is 395 g/mol. The predicted molar refractivity (Wildman–Crippen MR) is 98.2 cm³/mol. The van der Waals surface area contributed by atoms with E-state index < -0.39 is 28.8 Å². The number of hydrogen-bond acceptors (Lipinski definition) is 4. The van der Waals surface area contributed by atoms with E-state index in [1.165, 1.54) is 36.0 Å². The summed E-state index contributed by atoms with van der Waals surface area (Å²) in [6.45, 7) is 1.71. The first kappa shape index (κ1) is 19.7. The summed E-state index contributed by atoms with van der Waals surface area (Å²) in [5.41, 5.74) is -2.83. The third kappa shape index (κ3) is 3.96. The highest BCUT2D eigenvalue weighted by Crippen LogP contribution is 2.33. The van der Waals surface area contributed by atoms with Gasteiger partial charge in [0.1, 0.15) is 0 Å². The van der Waals surface area contributed by atoms with Gasteiger partial charge in [-0.05, 0) is 55.5 Å². The van der Waals surface area contributed by atoms with Crippen molar-refractivity contribution in [3.05, 3.63) is 85.5 Å². The lowest BCUT2D eigenvalue weighted by atomic mass is 10.2. The van der Waals surface area contributed by atoms with Gasteiger partial charge in [0.15, 0.2) is 0 Å². The van der Waals surface area contributed by atoms with E-state index >= 15 is 0 Å². The summed E-state index contributed by atoms with van der Waals surface area (Å²) >= 11 is 1.23. The lowest BCUT2D eigenvalue weighted by Gasteiger charge is -2.09. The second kappa shape index (κ2) is 7.55. The smallest absolute Gasteiger partial charge is 0.258 e. The van der Waals surface area contributed by atoms with Gasteiger partial charge in [-0.3, -0.25) is 4.98 Å². The maximum Gasteiger partial charge on any atom is 0.416 e. The molecular formula is C18H14F3N3O3S. The zero-order valence-corrected chi connectivity index (χ0v) is 15.3. The second-order valence-electron chi connectivity index (χ2n) is 5.72. The minimum absolute atomic E-state index is 0.107. The molecule has 0 amide bonds. The molecule has 6 nitrogen and oxygen atoms in total. The van der Waals surface area contributed by atoms with E-state index in [2.05, 4.69) is 4.98 Å². The molecule has 0 radical (unpaired) electrons. The standard InChI is InChI=1S/C18H14F3N3O3S/c1-2-23-15(25)22-16(26)24(17(23)27)12-5-9-14(10-6-12)28-13-7-3-11(4-8-13)18(19,20)21/h3-10H,2H2,1H3,(H,22,25,26). The van der Waals surface area contributed by atoms with Crippen LogP contribution in [0.25, 0.3) is 5.69 Å². The van der Waals surface area contributed by atoms with Crippen LogP contribution in [0.2, 0.25) is 0 Å². The number of H-pyrrole nitrogens is 1. The summed E-state index contributed by atoms with van der Waals surface area (Å²) in [5.74, 6) is 0. The summed E-state index contributed by atoms with van der Waals surface area (Å²) < 4.78 is 39.6. The molecule has 1 aromatic heterocycles. The molecule has 0 saturated heterocycles. The first-order chi connectivity index (χ1) is 13.2. The van der Waals surface area contributed by atoms with Crippen molar-refractivity contribution in [2.24, 2.45) is 0 Å². The molecule has 0 unspecified atom stereocenters. The summed E-state index contributed by atoms with van der Waals surface area (Å²) in [6, 6.07) is 11.0. The van der Waals surface area contributed by atoms with E-state index in [0.29, 0.717) is 9.79 Å². The molecule has 3 aromatic rings. The van der Waals surface area contributed by atoms with Crippen LogP contribution in [0.1, 0.15) is 12.5 Å². The molecule has 0 saturated carbocycles. The number of rotatable bonds is 4. The van der Waals surface area contributed by atoms with Crippen molar-refractivity contribution >= 4 is 11.8 Å². The van der Waals surface area contributed by atoms with Gasteiger partial charge < -0.3 is 0 Å². The van der Waals surface area contributed by atoms with Crippen LogP contribution >= 0.6 is 11.8 Å². The number of hydrogen-bond donors (Lipinski definition) is 1. The van der Waals surface area contributed by atoms with Crippen LogP contribution in [0.3, 0.4) is 0 Å². The van der Waals surface area contributed by atoms with Crippen molar-refractivity contribution in [3.63, 3.8) is 0 Å². The molecule has 0 aliphatic heterocycles. The van der Waals surface area contributed by atoms with Crippen molar-refractivity contribution in [3.8, 4) is 5.69 Å². The van der Waals surface area contributed by atoms with E-state index in [1.807, 2.05) is 0 Å². The molecule has 3 rings (SSSR count). The molecule has 2 aromatic carbocycles. The Bertz CT molecular complexity index is 1160. The third-order valence-corrected chi connectivity index (χ3v) is 4.93. The fourth-order valence-corrected chi connectivity index (χ4v) is 3.34. The van der Waals surface area contributed by atoms with Gasteiger partial charge in [-0.25, -0.2) is 23.5 Å². The monoisotopic (exact) mass is 409 g/mol. The largest absolute Gasteiger partial charge is 0.416 e. The average Bonchev–Trinajstić information content (AvgIpc) is 2.63. The van der Waals surface area contributed by atoms with E-state index in [0.717, 1.165) is 21.3 Å². The number of aromatic amines is 1. The maximum atomic E-state index is 12.6. The molecule has 10 heteroatoms. The number of nitrogens with zero attached hydrogens (tertiary/aromatic N) is 2. The maximum absolute atomic E-state index is 12.6. The normalized spacial score (nSPS) is 11.6. The van der Waals surface area contributed by atoms with Gasteiger partial charge >= 0.3 is 23.2 Å².